The molecule has 0 saturated carbocycles. The van der Waals surface area contributed by atoms with Crippen molar-refractivity contribution in [2.24, 2.45) is 0 Å². The van der Waals surface area contributed by atoms with Crippen LogP contribution >= 0.6 is 22.7 Å². The number of benzene rings is 23. The Kier molecular flexibility index (Phi) is 18.3. The summed E-state index contributed by atoms with van der Waals surface area (Å²) in [5.74, 6) is 0. The van der Waals surface area contributed by atoms with E-state index in [0.717, 1.165) is 45.3 Å². The Bertz CT molecular complexity index is 9130. The Morgan fingerprint density at radius 3 is 1.11 bits per heavy atom. The van der Waals surface area contributed by atoms with Gasteiger partial charge in [0.1, 0.15) is 0 Å². The van der Waals surface area contributed by atoms with Crippen molar-refractivity contribution in [1.82, 2.24) is 0 Å². The SMILES string of the molecule is c1ccc(-c2cc(-c3ccccc3)cc(N(c3ccc(-c4ccc5ccccc5c4-c4ccc5c(c4)sc4ccccc45)cc3)c3cccc4c3-c3ccccc3C43c4ccccc4-c4ccccc43)c2)cc1.c1ccc2c(c1)-c1ccccc1C21c2ccccc2-c2ccc(N(c3ccc(-c4ccc5ccccc5c4-c4cccc5c4sc4ccccc45)cc3)c3ccc4ccccc4c3)cc21. The summed E-state index contributed by atoms with van der Waals surface area (Å²) in [6.45, 7) is 0. The number of rotatable bonds is 12. The normalized spacial score (nSPS) is 12.9. The van der Waals surface area contributed by atoms with Crippen LogP contribution in [0.3, 0.4) is 0 Å². The van der Waals surface area contributed by atoms with Gasteiger partial charge in [-0.2, -0.15) is 0 Å². The molecular weight excluding hydrogens is 1700 g/mol. The fourth-order valence-electron chi connectivity index (χ4n) is 24.1. The molecule has 0 bridgehead atoms. The van der Waals surface area contributed by atoms with E-state index in [-0.39, 0.29) is 0 Å². The fraction of sp³-hybridized carbons (Fsp3) is 0.0149. The molecule has 0 amide bonds. The lowest BCUT2D eigenvalue weighted by Crippen LogP contribution is -2.26. The molecule has 4 aliphatic carbocycles. The van der Waals surface area contributed by atoms with Crippen molar-refractivity contribution in [2.45, 2.75) is 10.8 Å². The Hall–Kier alpha value is -17.1. The maximum Gasteiger partial charge on any atom is 0.0726 e. The monoisotopic (exact) mass is 1780 g/mol. The third-order valence-electron chi connectivity index (χ3n) is 29.9. The summed E-state index contributed by atoms with van der Waals surface area (Å²) < 4.78 is 5.27. The largest absolute Gasteiger partial charge is 0.310 e. The molecule has 642 valence electrons. The number of fused-ring (bicyclic) bond motifs is 29. The summed E-state index contributed by atoms with van der Waals surface area (Å²) in [6.07, 6.45) is 0. The first-order valence-corrected chi connectivity index (χ1v) is 49.4. The van der Waals surface area contributed by atoms with Crippen LogP contribution in [-0.4, -0.2) is 0 Å². The maximum atomic E-state index is 2.53. The predicted octanol–water partition coefficient (Wildman–Crippen LogP) is 37.2. The smallest absolute Gasteiger partial charge is 0.0726 e. The third-order valence-corrected chi connectivity index (χ3v) is 32.3. The van der Waals surface area contributed by atoms with E-state index >= 15 is 0 Å². The van der Waals surface area contributed by atoms with E-state index in [9.17, 15) is 0 Å². The molecule has 0 radical (unpaired) electrons. The molecule has 29 rings (SSSR count). The summed E-state index contributed by atoms with van der Waals surface area (Å²) in [5, 5.41) is 12.7. The molecule has 25 aromatic rings. The van der Waals surface area contributed by atoms with Crippen LogP contribution in [0.4, 0.5) is 34.1 Å². The fourth-order valence-corrected chi connectivity index (χ4v) is 26.5. The van der Waals surface area contributed by atoms with Crippen molar-refractivity contribution in [3.8, 4) is 111 Å². The molecule has 2 heterocycles. The van der Waals surface area contributed by atoms with Crippen LogP contribution in [0.1, 0.15) is 44.5 Å². The van der Waals surface area contributed by atoms with Gasteiger partial charge in [0.2, 0.25) is 0 Å². The van der Waals surface area contributed by atoms with Gasteiger partial charge in [0.05, 0.1) is 16.5 Å². The van der Waals surface area contributed by atoms with Gasteiger partial charge >= 0.3 is 0 Å². The van der Waals surface area contributed by atoms with E-state index in [4.69, 9.17) is 0 Å². The average molecular weight is 1790 g/mol. The summed E-state index contributed by atoms with van der Waals surface area (Å²) >= 11 is 3.77. The number of thiophene rings is 2. The van der Waals surface area contributed by atoms with Gasteiger partial charge in [0.15, 0.2) is 0 Å². The van der Waals surface area contributed by atoms with E-state index in [1.165, 1.54) is 217 Å². The van der Waals surface area contributed by atoms with Crippen molar-refractivity contribution < 1.29 is 0 Å². The highest BCUT2D eigenvalue weighted by molar-refractivity contribution is 7.26. The van der Waals surface area contributed by atoms with Gasteiger partial charge < -0.3 is 9.80 Å². The lowest BCUT2D eigenvalue weighted by molar-refractivity contribution is 0.793. The molecule has 2 aromatic heterocycles. The Labute approximate surface area is 809 Å². The molecule has 138 heavy (non-hydrogen) atoms. The molecule has 0 saturated heterocycles. The van der Waals surface area contributed by atoms with Crippen LogP contribution in [0.15, 0.2) is 510 Å². The second-order valence-electron chi connectivity index (χ2n) is 37.0. The molecule has 2 spiro atoms. The minimum Gasteiger partial charge on any atom is -0.310 e. The van der Waals surface area contributed by atoms with E-state index in [0.29, 0.717) is 0 Å². The lowest BCUT2D eigenvalue weighted by Gasteiger charge is -2.32. The van der Waals surface area contributed by atoms with E-state index in [1.54, 1.807) is 0 Å². The zero-order valence-corrected chi connectivity index (χ0v) is 76.8. The van der Waals surface area contributed by atoms with Crippen molar-refractivity contribution in [3.05, 3.63) is 554 Å². The second kappa shape index (κ2) is 31.8. The van der Waals surface area contributed by atoms with Crippen molar-refractivity contribution in [2.75, 3.05) is 9.80 Å². The molecule has 2 nitrogen and oxygen atoms in total. The average Bonchev–Trinajstić information content (AvgIpc) is 1.50. The molecule has 4 heteroatoms. The van der Waals surface area contributed by atoms with E-state index in [1.807, 2.05) is 22.7 Å². The van der Waals surface area contributed by atoms with E-state index in [2.05, 4.69) is 519 Å². The minimum atomic E-state index is -0.475. The van der Waals surface area contributed by atoms with Crippen LogP contribution in [0, 0.1) is 0 Å². The predicted molar refractivity (Wildman–Crippen MR) is 586 cm³/mol. The van der Waals surface area contributed by atoms with Gasteiger partial charge in [-0.05, 0) is 268 Å². The third kappa shape index (κ3) is 12.1. The molecule has 4 aliphatic rings. The summed E-state index contributed by atoms with van der Waals surface area (Å²) in [6, 6.07) is 190. The molecular formula is C134H84N2S2. The highest BCUT2D eigenvalue weighted by Crippen LogP contribution is 2.67. The van der Waals surface area contributed by atoms with Crippen molar-refractivity contribution in [1.29, 1.82) is 0 Å². The molecule has 0 unspecified atom stereocenters. The van der Waals surface area contributed by atoms with Crippen LogP contribution in [0.2, 0.25) is 0 Å². The minimum absolute atomic E-state index is 0.433. The van der Waals surface area contributed by atoms with Crippen molar-refractivity contribution >= 4 is 129 Å². The molecule has 0 fully saturated rings. The summed E-state index contributed by atoms with van der Waals surface area (Å²) in [5.41, 5.74) is 41.3. The van der Waals surface area contributed by atoms with Gasteiger partial charge in [0, 0.05) is 79.9 Å². The van der Waals surface area contributed by atoms with Gasteiger partial charge in [-0.1, -0.05) is 419 Å². The zero-order chi connectivity index (χ0) is 90.7. The zero-order valence-electron chi connectivity index (χ0n) is 75.2. The van der Waals surface area contributed by atoms with Gasteiger partial charge in [-0.15, -0.1) is 22.7 Å². The summed E-state index contributed by atoms with van der Waals surface area (Å²) in [7, 11) is 0. The number of hydrogen-bond donors (Lipinski definition) is 0. The maximum absolute atomic E-state index is 2.53. The summed E-state index contributed by atoms with van der Waals surface area (Å²) in [4.78, 5) is 4.99. The van der Waals surface area contributed by atoms with E-state index < -0.39 is 10.8 Å². The van der Waals surface area contributed by atoms with Gasteiger partial charge in [-0.25, -0.2) is 0 Å². The van der Waals surface area contributed by atoms with Crippen LogP contribution < -0.4 is 9.80 Å². The first-order valence-electron chi connectivity index (χ1n) is 47.7. The lowest BCUT2D eigenvalue weighted by atomic mass is 9.70. The molecule has 23 aromatic carbocycles. The second-order valence-corrected chi connectivity index (χ2v) is 39.1. The number of nitrogens with zero attached hydrogens (tertiary/aromatic N) is 2. The topological polar surface area (TPSA) is 6.48 Å². The van der Waals surface area contributed by atoms with Gasteiger partial charge in [0.25, 0.3) is 0 Å². The highest BCUT2D eigenvalue weighted by Gasteiger charge is 2.54. The number of hydrogen-bond acceptors (Lipinski definition) is 4. The molecule has 0 atom stereocenters. The van der Waals surface area contributed by atoms with Crippen molar-refractivity contribution in [3.63, 3.8) is 0 Å². The Balaban J connectivity index is 0.000000137. The Morgan fingerprint density at radius 1 is 0.152 bits per heavy atom. The van der Waals surface area contributed by atoms with Gasteiger partial charge in [-0.3, -0.25) is 0 Å². The van der Waals surface area contributed by atoms with Crippen LogP contribution in [0.25, 0.3) is 184 Å². The first-order chi connectivity index (χ1) is 68.4. The highest BCUT2D eigenvalue weighted by atomic mass is 32.1. The molecule has 0 N–H and O–H groups in total. The first kappa shape index (κ1) is 79.4. The van der Waals surface area contributed by atoms with Crippen LogP contribution in [0.5, 0.6) is 0 Å². The van der Waals surface area contributed by atoms with Crippen LogP contribution in [-0.2, 0) is 10.8 Å². The quantitative estimate of drug-likeness (QED) is 0.120. The standard InChI is InChI=1S/C71H45NS.C63H39NS/c1-3-18-46(19-4-1)51-42-52(47-20-5-2-6-21-47)44-54(43-51)72(66-32-17-31-65-70(66)61-27-11-15-30-64(61)71(65)62-28-13-9-24-57(62)58-25-10-14-29-63(58)71)53-38-34-49(35-39-53)56-40-36-48-22-7-8-23-55(48)69(56)50-37-41-60-59-26-12-16-33-67(59)73-68(60)45-50;1-2-16-43-38-45(34-28-40(43)14-1)64(46-35-37-52-51-20-7-11-26-58(51)63(59(52)39-46)56-24-9-5-18-49(56)50-19-6-10-25-57(50)63)44-32-29-42(30-33-44)48-36-31-41-15-3-4-17-47(41)61(48)55-23-13-22-54-53-21-8-12-27-60(53)65-62(54)55/h1-45H;1-39H. The number of anilines is 6. The Morgan fingerprint density at radius 2 is 0.529 bits per heavy atom. The molecule has 0 aliphatic heterocycles.